The van der Waals surface area contributed by atoms with Gasteiger partial charge in [0.15, 0.2) is 22.9 Å². The minimum Gasteiger partial charge on any atom is -0.468 e. The lowest BCUT2D eigenvalue weighted by Gasteiger charge is -2.44. The Morgan fingerprint density at radius 2 is 1.59 bits per heavy atom. The Balaban J connectivity index is 2.62. The predicted molar refractivity (Wildman–Crippen MR) is 155 cm³/mol. The summed E-state index contributed by atoms with van der Waals surface area (Å²) in [6.45, 7) is 22.8. The lowest BCUT2D eigenvalue weighted by molar-refractivity contribution is -0.143. The standard InChI is InChI=1S/C26H49N3O8Si2/c1-16(23(32)34-8)27-15-17(30)19-20(36-38(9,10)25(2,3)4)21(37-39(11,12)26(5,6)7)22(35-19)29-14-13-18(31)28-24(29)33/h13-14,16-17,19-22,27,30H,15H2,1-12H3,(H,28,31,33)/t16-,17?,19?,20+,21+,22+/m0/s1. The summed E-state index contributed by atoms with van der Waals surface area (Å²) >= 11 is 0. The summed E-state index contributed by atoms with van der Waals surface area (Å²) in [6.07, 6.45) is -3.06. The Hall–Kier alpha value is -1.62. The van der Waals surface area contributed by atoms with Crippen LogP contribution >= 0.6 is 0 Å². The molecule has 2 unspecified atom stereocenters. The fraction of sp³-hybridized carbons (Fsp3) is 0.808. The van der Waals surface area contributed by atoms with Crippen molar-refractivity contribution in [1.82, 2.24) is 14.9 Å². The van der Waals surface area contributed by atoms with E-state index >= 15 is 0 Å². The maximum absolute atomic E-state index is 12.9. The number of aliphatic hydroxyl groups excluding tert-OH is 1. The zero-order valence-corrected chi connectivity index (χ0v) is 27.6. The normalized spacial score (nSPS) is 24.4. The summed E-state index contributed by atoms with van der Waals surface area (Å²) in [5.74, 6) is -0.458. The molecule has 0 amide bonds. The summed E-state index contributed by atoms with van der Waals surface area (Å²) in [4.78, 5) is 38.9. The number of hydrogen-bond donors (Lipinski definition) is 3. The number of ether oxygens (including phenoxy) is 2. The number of esters is 1. The number of nitrogens with zero attached hydrogens (tertiary/aromatic N) is 1. The molecular weight excluding hydrogens is 538 g/mol. The first kappa shape index (κ1) is 33.6. The molecule has 2 rings (SSSR count). The summed E-state index contributed by atoms with van der Waals surface area (Å²) in [5.41, 5.74) is -1.17. The van der Waals surface area contributed by atoms with Gasteiger partial charge in [0, 0.05) is 18.8 Å². The zero-order chi connectivity index (χ0) is 30.1. The van der Waals surface area contributed by atoms with Crippen molar-refractivity contribution in [3.63, 3.8) is 0 Å². The van der Waals surface area contributed by atoms with Crippen LogP contribution in [0.25, 0.3) is 0 Å². The van der Waals surface area contributed by atoms with Gasteiger partial charge in [-0.2, -0.15) is 0 Å². The number of nitrogens with one attached hydrogen (secondary N) is 2. The van der Waals surface area contributed by atoms with Crippen LogP contribution in [-0.4, -0.2) is 81.4 Å². The van der Waals surface area contributed by atoms with E-state index in [0.717, 1.165) is 0 Å². The van der Waals surface area contributed by atoms with Crippen molar-refractivity contribution in [3.8, 4) is 0 Å². The van der Waals surface area contributed by atoms with Crippen LogP contribution in [0.3, 0.4) is 0 Å². The average molecular weight is 588 g/mol. The monoisotopic (exact) mass is 587 g/mol. The topological polar surface area (TPSA) is 141 Å². The van der Waals surface area contributed by atoms with Gasteiger partial charge in [-0.25, -0.2) is 4.79 Å². The lowest BCUT2D eigenvalue weighted by atomic mass is 10.1. The quantitative estimate of drug-likeness (QED) is 0.278. The van der Waals surface area contributed by atoms with E-state index < -0.39 is 70.5 Å². The largest absolute Gasteiger partial charge is 0.468 e. The predicted octanol–water partition coefficient (Wildman–Crippen LogP) is 2.73. The smallest absolute Gasteiger partial charge is 0.330 e. The maximum Gasteiger partial charge on any atom is 0.330 e. The molecule has 11 nitrogen and oxygen atoms in total. The summed E-state index contributed by atoms with van der Waals surface area (Å²) < 4.78 is 26.3. The van der Waals surface area contributed by atoms with Crippen molar-refractivity contribution in [3.05, 3.63) is 33.1 Å². The van der Waals surface area contributed by atoms with Gasteiger partial charge in [0.1, 0.15) is 24.4 Å². The van der Waals surface area contributed by atoms with E-state index in [1.54, 1.807) is 6.92 Å². The number of methoxy groups -OCH3 is 1. The van der Waals surface area contributed by atoms with Gasteiger partial charge in [-0.1, -0.05) is 41.5 Å². The molecule has 13 heteroatoms. The molecule has 1 aliphatic heterocycles. The highest BCUT2D eigenvalue weighted by atomic mass is 28.4. The molecule has 1 aromatic heterocycles. The molecule has 0 aromatic carbocycles. The number of hydrogen-bond acceptors (Lipinski definition) is 9. The van der Waals surface area contributed by atoms with Crippen molar-refractivity contribution in [2.45, 2.75) is 121 Å². The van der Waals surface area contributed by atoms with Crippen molar-refractivity contribution in [1.29, 1.82) is 0 Å². The van der Waals surface area contributed by atoms with E-state index in [4.69, 9.17) is 18.3 Å². The van der Waals surface area contributed by atoms with Crippen LogP contribution in [0.4, 0.5) is 0 Å². The van der Waals surface area contributed by atoms with Crippen molar-refractivity contribution < 1.29 is 28.2 Å². The van der Waals surface area contributed by atoms with Crippen LogP contribution in [0.5, 0.6) is 0 Å². The van der Waals surface area contributed by atoms with Gasteiger partial charge < -0.3 is 28.7 Å². The SMILES string of the molecule is COC(=O)[C@H](C)NCC(O)C1O[C@@H](n2ccc(=O)[nH]c2=O)[C@H](O[Si](C)(C)C(C)(C)C)[C@@H]1O[Si](C)(C)C(C)(C)C. The third-order valence-corrected chi connectivity index (χ3v) is 17.3. The number of rotatable bonds is 10. The second-order valence-corrected chi connectivity index (χ2v) is 22.9. The minimum atomic E-state index is -2.45. The zero-order valence-electron chi connectivity index (χ0n) is 25.6. The third-order valence-electron chi connectivity index (χ3n) is 8.39. The van der Waals surface area contributed by atoms with Gasteiger partial charge in [-0.05, 0) is 43.2 Å². The Kier molecular flexibility index (Phi) is 10.4. The molecule has 0 saturated carbocycles. The summed E-state index contributed by atoms with van der Waals surface area (Å²) in [5, 5.41) is 14.0. The highest BCUT2D eigenvalue weighted by molar-refractivity contribution is 6.74. The fourth-order valence-corrected chi connectivity index (χ4v) is 6.38. The van der Waals surface area contributed by atoms with Crippen molar-refractivity contribution in [2.75, 3.05) is 13.7 Å². The second kappa shape index (κ2) is 12.1. The molecule has 1 aliphatic rings. The number of aromatic nitrogens is 2. The molecule has 0 aliphatic carbocycles. The van der Waals surface area contributed by atoms with Crippen LogP contribution in [0, 0.1) is 0 Å². The molecule has 1 saturated heterocycles. The summed E-state index contributed by atoms with van der Waals surface area (Å²) in [7, 11) is -3.58. The van der Waals surface area contributed by atoms with Gasteiger partial charge >= 0.3 is 11.7 Å². The van der Waals surface area contributed by atoms with E-state index in [0.29, 0.717) is 0 Å². The van der Waals surface area contributed by atoms with Gasteiger partial charge in [0.25, 0.3) is 5.56 Å². The molecule has 2 heterocycles. The molecule has 224 valence electrons. The van der Waals surface area contributed by atoms with Crippen LogP contribution in [0.15, 0.2) is 21.9 Å². The first-order chi connectivity index (χ1) is 17.6. The highest BCUT2D eigenvalue weighted by Gasteiger charge is 2.56. The molecule has 3 N–H and O–H groups in total. The molecule has 1 fully saturated rings. The van der Waals surface area contributed by atoms with E-state index in [1.165, 1.54) is 23.9 Å². The fourth-order valence-electron chi connectivity index (χ4n) is 3.79. The molecular formula is C26H49N3O8Si2. The Morgan fingerprint density at radius 3 is 2.05 bits per heavy atom. The number of carbonyl (C=O) groups is 1. The van der Waals surface area contributed by atoms with Gasteiger partial charge in [-0.15, -0.1) is 0 Å². The first-order valence-electron chi connectivity index (χ1n) is 13.4. The lowest BCUT2D eigenvalue weighted by Crippen LogP contribution is -2.56. The number of aliphatic hydroxyl groups is 1. The second-order valence-electron chi connectivity index (χ2n) is 13.4. The molecule has 39 heavy (non-hydrogen) atoms. The Labute approximate surface area is 233 Å². The number of aromatic amines is 1. The maximum atomic E-state index is 12.9. The molecule has 1 aromatic rings. The third kappa shape index (κ3) is 7.77. The van der Waals surface area contributed by atoms with Gasteiger partial charge in [0.2, 0.25) is 0 Å². The molecule has 0 radical (unpaired) electrons. The van der Waals surface area contributed by atoms with E-state index in [-0.39, 0.29) is 16.6 Å². The van der Waals surface area contributed by atoms with E-state index in [1.807, 2.05) is 0 Å². The van der Waals surface area contributed by atoms with Crippen molar-refractivity contribution >= 4 is 22.6 Å². The Bertz CT molecular complexity index is 1110. The summed E-state index contributed by atoms with van der Waals surface area (Å²) in [6, 6.07) is 0.601. The first-order valence-corrected chi connectivity index (χ1v) is 19.3. The number of carbonyl (C=O) groups excluding carboxylic acids is 1. The van der Waals surface area contributed by atoms with E-state index in [9.17, 15) is 19.5 Å². The average Bonchev–Trinajstić information content (AvgIpc) is 3.11. The van der Waals surface area contributed by atoms with Gasteiger partial charge in [-0.3, -0.25) is 19.1 Å². The molecule has 0 bridgehead atoms. The van der Waals surface area contributed by atoms with E-state index in [2.05, 4.69) is 78.0 Å². The molecule has 0 spiro atoms. The molecule has 6 atom stereocenters. The Morgan fingerprint density at radius 1 is 1.08 bits per heavy atom. The highest BCUT2D eigenvalue weighted by Crippen LogP contribution is 2.45. The van der Waals surface area contributed by atoms with Crippen molar-refractivity contribution in [2.24, 2.45) is 0 Å². The van der Waals surface area contributed by atoms with Crippen LogP contribution in [0.2, 0.25) is 36.3 Å². The van der Waals surface area contributed by atoms with Gasteiger partial charge in [0.05, 0.1) is 13.2 Å². The minimum absolute atomic E-state index is 0.0123. The van der Waals surface area contributed by atoms with Crippen LogP contribution in [-0.2, 0) is 23.1 Å². The number of H-pyrrole nitrogens is 1. The van der Waals surface area contributed by atoms with Crippen LogP contribution < -0.4 is 16.6 Å². The van der Waals surface area contributed by atoms with Crippen LogP contribution in [0.1, 0.15) is 54.7 Å².